The molecule has 0 bridgehead atoms. The van der Waals surface area contributed by atoms with E-state index < -0.39 is 5.82 Å². The normalized spacial score (nSPS) is 10.7. The number of halogens is 2. The Labute approximate surface area is 131 Å². The summed E-state index contributed by atoms with van der Waals surface area (Å²) >= 11 is 5.89. The Hall–Kier alpha value is -2.60. The maximum absolute atomic E-state index is 13.8. The SMILES string of the molecule is COc1ccc(-c2cn(-c3ccc(Cl)c(N)c3)nn2)cc1F. The minimum atomic E-state index is -0.453. The first-order valence-electron chi connectivity index (χ1n) is 6.40. The molecule has 2 N–H and O–H groups in total. The van der Waals surface area contributed by atoms with E-state index in [-0.39, 0.29) is 5.75 Å². The van der Waals surface area contributed by atoms with Gasteiger partial charge in [0, 0.05) is 5.56 Å². The molecule has 5 nitrogen and oxygen atoms in total. The number of nitrogens with zero attached hydrogens (tertiary/aromatic N) is 3. The lowest BCUT2D eigenvalue weighted by Gasteiger charge is -2.03. The number of benzene rings is 2. The largest absolute Gasteiger partial charge is 0.494 e. The van der Waals surface area contributed by atoms with Gasteiger partial charge in [0.25, 0.3) is 0 Å². The van der Waals surface area contributed by atoms with Crippen LogP contribution in [0.2, 0.25) is 5.02 Å². The van der Waals surface area contributed by atoms with E-state index in [9.17, 15) is 4.39 Å². The third kappa shape index (κ3) is 2.60. The molecule has 0 aliphatic rings. The highest BCUT2D eigenvalue weighted by Gasteiger charge is 2.10. The quantitative estimate of drug-likeness (QED) is 0.752. The number of anilines is 1. The van der Waals surface area contributed by atoms with Crippen LogP contribution in [0.5, 0.6) is 5.75 Å². The molecule has 22 heavy (non-hydrogen) atoms. The highest BCUT2D eigenvalue weighted by Crippen LogP contribution is 2.25. The number of nitrogen functional groups attached to an aromatic ring is 1. The lowest BCUT2D eigenvalue weighted by molar-refractivity contribution is 0.386. The predicted molar refractivity (Wildman–Crippen MR) is 82.7 cm³/mol. The molecular weight excluding hydrogens is 307 g/mol. The molecule has 0 unspecified atom stereocenters. The smallest absolute Gasteiger partial charge is 0.165 e. The maximum Gasteiger partial charge on any atom is 0.165 e. The zero-order chi connectivity index (χ0) is 15.7. The summed E-state index contributed by atoms with van der Waals surface area (Å²) in [5.74, 6) is -0.271. The van der Waals surface area contributed by atoms with E-state index in [2.05, 4.69) is 10.3 Å². The standard InChI is InChI=1S/C15H12ClFN4O/c1-22-15-5-2-9(6-12(15)17)14-8-21(20-19-14)10-3-4-11(16)13(18)7-10/h2-8H,18H2,1H3. The monoisotopic (exact) mass is 318 g/mol. The van der Waals surface area contributed by atoms with Crippen LogP contribution in [0.3, 0.4) is 0 Å². The van der Waals surface area contributed by atoms with Gasteiger partial charge in [-0.3, -0.25) is 0 Å². The van der Waals surface area contributed by atoms with Crippen LogP contribution in [0.25, 0.3) is 16.9 Å². The Morgan fingerprint density at radius 3 is 2.73 bits per heavy atom. The van der Waals surface area contributed by atoms with Gasteiger partial charge in [0.05, 0.1) is 29.7 Å². The molecule has 0 saturated heterocycles. The molecule has 1 aromatic heterocycles. The minimum Gasteiger partial charge on any atom is -0.494 e. The van der Waals surface area contributed by atoms with E-state index in [0.717, 1.165) is 5.69 Å². The molecule has 0 radical (unpaired) electrons. The minimum absolute atomic E-state index is 0.182. The summed E-state index contributed by atoms with van der Waals surface area (Å²) in [5, 5.41) is 8.54. The fourth-order valence-electron chi connectivity index (χ4n) is 2.02. The average molecular weight is 319 g/mol. The molecule has 0 saturated carbocycles. The number of aromatic nitrogens is 3. The van der Waals surface area contributed by atoms with Crippen molar-refractivity contribution in [3.8, 4) is 22.7 Å². The van der Waals surface area contributed by atoms with Gasteiger partial charge in [0.15, 0.2) is 11.6 Å². The number of methoxy groups -OCH3 is 1. The van der Waals surface area contributed by atoms with E-state index >= 15 is 0 Å². The topological polar surface area (TPSA) is 66.0 Å². The number of hydrogen-bond acceptors (Lipinski definition) is 4. The van der Waals surface area contributed by atoms with Crippen LogP contribution in [0, 0.1) is 5.82 Å². The second-order valence-corrected chi connectivity index (χ2v) is 5.01. The van der Waals surface area contributed by atoms with Crippen molar-refractivity contribution in [2.75, 3.05) is 12.8 Å². The van der Waals surface area contributed by atoms with E-state index in [4.69, 9.17) is 22.1 Å². The average Bonchev–Trinajstić information content (AvgIpc) is 3.00. The van der Waals surface area contributed by atoms with E-state index in [1.807, 2.05) is 0 Å². The number of nitrogens with two attached hydrogens (primary N) is 1. The fraction of sp³-hybridized carbons (Fsp3) is 0.0667. The van der Waals surface area contributed by atoms with Crippen molar-refractivity contribution >= 4 is 17.3 Å². The van der Waals surface area contributed by atoms with Gasteiger partial charge in [0.1, 0.15) is 5.69 Å². The number of rotatable bonds is 3. The first kappa shape index (κ1) is 14.3. The van der Waals surface area contributed by atoms with Crippen molar-refractivity contribution in [3.63, 3.8) is 0 Å². The summed E-state index contributed by atoms with van der Waals surface area (Å²) in [6, 6.07) is 9.75. The van der Waals surface area contributed by atoms with Gasteiger partial charge < -0.3 is 10.5 Å². The summed E-state index contributed by atoms with van der Waals surface area (Å²) in [6.45, 7) is 0. The lowest BCUT2D eigenvalue weighted by atomic mass is 10.1. The molecular formula is C15H12ClFN4O. The van der Waals surface area contributed by atoms with Crippen LogP contribution in [0.4, 0.5) is 10.1 Å². The lowest BCUT2D eigenvalue weighted by Crippen LogP contribution is -1.96. The van der Waals surface area contributed by atoms with Gasteiger partial charge in [-0.15, -0.1) is 5.10 Å². The molecule has 7 heteroatoms. The zero-order valence-corrected chi connectivity index (χ0v) is 12.4. The van der Waals surface area contributed by atoms with Crippen molar-refractivity contribution in [1.29, 1.82) is 0 Å². The van der Waals surface area contributed by atoms with Crippen LogP contribution in [0.15, 0.2) is 42.6 Å². The van der Waals surface area contributed by atoms with E-state index in [1.54, 1.807) is 41.2 Å². The summed E-state index contributed by atoms with van der Waals surface area (Å²) in [4.78, 5) is 0. The Kier molecular flexibility index (Phi) is 3.68. The van der Waals surface area contributed by atoms with Gasteiger partial charge in [-0.2, -0.15) is 0 Å². The Bertz CT molecular complexity index is 834. The van der Waals surface area contributed by atoms with Crippen LogP contribution < -0.4 is 10.5 Å². The van der Waals surface area contributed by atoms with Crippen LogP contribution in [-0.4, -0.2) is 22.1 Å². The van der Waals surface area contributed by atoms with Crippen molar-refractivity contribution in [1.82, 2.24) is 15.0 Å². The molecule has 2 aromatic carbocycles. The van der Waals surface area contributed by atoms with Crippen molar-refractivity contribution in [2.24, 2.45) is 0 Å². The van der Waals surface area contributed by atoms with Crippen molar-refractivity contribution < 1.29 is 9.13 Å². The van der Waals surface area contributed by atoms with Gasteiger partial charge in [-0.25, -0.2) is 9.07 Å². The van der Waals surface area contributed by atoms with E-state index in [1.165, 1.54) is 13.2 Å². The van der Waals surface area contributed by atoms with Gasteiger partial charge >= 0.3 is 0 Å². The van der Waals surface area contributed by atoms with Gasteiger partial charge in [-0.05, 0) is 36.4 Å². The van der Waals surface area contributed by atoms with Crippen molar-refractivity contribution in [3.05, 3.63) is 53.4 Å². The Morgan fingerprint density at radius 1 is 1.23 bits per heavy atom. The first-order chi connectivity index (χ1) is 10.6. The highest BCUT2D eigenvalue weighted by atomic mass is 35.5. The summed E-state index contributed by atoms with van der Waals surface area (Å²) in [5.41, 5.74) is 8.08. The molecule has 0 amide bonds. The summed E-state index contributed by atoms with van der Waals surface area (Å²) < 4.78 is 20.2. The predicted octanol–water partition coefficient (Wildman–Crippen LogP) is 3.32. The van der Waals surface area contributed by atoms with Crippen LogP contribution in [0.1, 0.15) is 0 Å². The molecule has 0 fully saturated rings. The molecule has 0 spiro atoms. The Balaban J connectivity index is 1.96. The molecule has 0 aliphatic heterocycles. The molecule has 0 atom stereocenters. The second kappa shape index (κ2) is 5.65. The highest BCUT2D eigenvalue weighted by molar-refractivity contribution is 6.33. The number of ether oxygens (including phenoxy) is 1. The van der Waals surface area contributed by atoms with Gasteiger partial charge in [0.2, 0.25) is 0 Å². The molecule has 1 heterocycles. The third-order valence-electron chi connectivity index (χ3n) is 3.19. The molecule has 3 aromatic rings. The maximum atomic E-state index is 13.8. The van der Waals surface area contributed by atoms with Gasteiger partial charge in [-0.1, -0.05) is 16.8 Å². The zero-order valence-electron chi connectivity index (χ0n) is 11.6. The summed E-state index contributed by atoms with van der Waals surface area (Å²) in [6.07, 6.45) is 1.68. The summed E-state index contributed by atoms with van der Waals surface area (Å²) in [7, 11) is 1.42. The van der Waals surface area contributed by atoms with Crippen molar-refractivity contribution in [2.45, 2.75) is 0 Å². The van der Waals surface area contributed by atoms with E-state index in [0.29, 0.717) is 22.0 Å². The molecule has 112 valence electrons. The third-order valence-corrected chi connectivity index (χ3v) is 3.53. The number of hydrogen-bond donors (Lipinski definition) is 1. The van der Waals surface area contributed by atoms with Crippen LogP contribution >= 0.6 is 11.6 Å². The molecule has 0 aliphatic carbocycles. The first-order valence-corrected chi connectivity index (χ1v) is 6.78. The molecule has 3 rings (SSSR count). The fourth-order valence-corrected chi connectivity index (χ4v) is 2.14. The Morgan fingerprint density at radius 2 is 2.05 bits per heavy atom. The second-order valence-electron chi connectivity index (χ2n) is 4.60. The van der Waals surface area contributed by atoms with Crippen LogP contribution in [-0.2, 0) is 0 Å².